The molecule has 0 radical (unpaired) electrons. The van der Waals surface area contributed by atoms with Crippen LogP contribution in [0.4, 0.5) is 15.8 Å². The van der Waals surface area contributed by atoms with Gasteiger partial charge in [-0.3, -0.25) is 4.72 Å². The van der Waals surface area contributed by atoms with Gasteiger partial charge in [0.25, 0.3) is 10.0 Å². The van der Waals surface area contributed by atoms with Crippen LogP contribution in [0.25, 0.3) is 0 Å². The summed E-state index contributed by atoms with van der Waals surface area (Å²) in [7, 11) is -3.94. The third-order valence-corrected chi connectivity index (χ3v) is 4.80. The first-order valence-corrected chi connectivity index (χ1v) is 7.91. The van der Waals surface area contributed by atoms with Gasteiger partial charge in [-0.2, -0.15) is 0 Å². The largest absolute Gasteiger partial charge is 0.397 e. The van der Waals surface area contributed by atoms with Crippen molar-refractivity contribution in [1.82, 2.24) is 0 Å². The van der Waals surface area contributed by atoms with Crippen LogP contribution in [-0.4, -0.2) is 8.42 Å². The summed E-state index contributed by atoms with van der Waals surface area (Å²) in [6.45, 7) is 3.36. The lowest BCUT2D eigenvalue weighted by Gasteiger charge is -2.11. The minimum atomic E-state index is -3.94. The molecule has 0 bridgehead atoms. The standard InChI is InChI=1S/C14H14ClFN2O2S/c1-8-3-4-13(11(16)5-8)18-21(19,20)10-6-9(2)14(15)12(17)7-10/h3-7,18H,17H2,1-2H3. The van der Waals surface area contributed by atoms with Gasteiger partial charge in [0.1, 0.15) is 5.82 Å². The highest BCUT2D eigenvalue weighted by Crippen LogP contribution is 2.28. The van der Waals surface area contributed by atoms with Crippen molar-refractivity contribution in [2.24, 2.45) is 0 Å². The van der Waals surface area contributed by atoms with E-state index in [2.05, 4.69) is 4.72 Å². The number of aryl methyl sites for hydroxylation is 2. The van der Waals surface area contributed by atoms with Crippen molar-refractivity contribution in [3.05, 3.63) is 52.3 Å². The summed E-state index contributed by atoms with van der Waals surface area (Å²) in [5.74, 6) is -0.641. The molecule has 0 aliphatic carbocycles. The molecule has 0 unspecified atom stereocenters. The number of nitrogens with one attached hydrogen (secondary N) is 1. The van der Waals surface area contributed by atoms with Crippen LogP contribution in [0.2, 0.25) is 5.02 Å². The first kappa shape index (κ1) is 15.6. The van der Waals surface area contributed by atoms with Crippen LogP contribution in [0, 0.1) is 19.7 Å². The molecule has 3 N–H and O–H groups in total. The van der Waals surface area contributed by atoms with E-state index in [4.69, 9.17) is 17.3 Å². The molecule has 2 rings (SSSR count). The van der Waals surface area contributed by atoms with Gasteiger partial charge in [-0.25, -0.2) is 12.8 Å². The normalized spacial score (nSPS) is 11.4. The maximum absolute atomic E-state index is 13.7. The van der Waals surface area contributed by atoms with Crippen LogP contribution in [0.5, 0.6) is 0 Å². The summed E-state index contributed by atoms with van der Waals surface area (Å²) < 4.78 is 40.5. The minimum absolute atomic E-state index is 0.0677. The molecule has 2 aromatic carbocycles. The number of nitrogen functional groups attached to an aromatic ring is 1. The van der Waals surface area contributed by atoms with Gasteiger partial charge in [0.2, 0.25) is 0 Å². The lowest BCUT2D eigenvalue weighted by atomic mass is 10.2. The van der Waals surface area contributed by atoms with E-state index in [9.17, 15) is 12.8 Å². The van der Waals surface area contributed by atoms with Crippen molar-refractivity contribution in [3.8, 4) is 0 Å². The van der Waals surface area contributed by atoms with E-state index in [1.807, 2.05) is 0 Å². The predicted octanol–water partition coefficient (Wildman–Crippen LogP) is 3.48. The molecule has 0 amide bonds. The Hall–Kier alpha value is -1.79. The first-order chi connectivity index (χ1) is 9.70. The molecule has 21 heavy (non-hydrogen) atoms. The van der Waals surface area contributed by atoms with Gasteiger partial charge in [0.05, 0.1) is 21.3 Å². The van der Waals surface area contributed by atoms with Gasteiger partial charge >= 0.3 is 0 Å². The number of halogens is 2. The Balaban J connectivity index is 2.43. The SMILES string of the molecule is Cc1ccc(NS(=O)(=O)c2cc(C)c(Cl)c(N)c2)c(F)c1. The molecule has 0 heterocycles. The number of rotatable bonds is 3. The fraction of sp³-hybridized carbons (Fsp3) is 0.143. The van der Waals surface area contributed by atoms with Gasteiger partial charge in [0, 0.05) is 0 Å². The third-order valence-electron chi connectivity index (χ3n) is 2.94. The number of sulfonamides is 1. The van der Waals surface area contributed by atoms with Crippen LogP contribution in [0.15, 0.2) is 35.2 Å². The molecule has 2 aromatic rings. The van der Waals surface area contributed by atoms with Crippen molar-refractivity contribution >= 4 is 33.0 Å². The van der Waals surface area contributed by atoms with Gasteiger partial charge in [-0.05, 0) is 49.2 Å². The maximum Gasteiger partial charge on any atom is 0.262 e. The Morgan fingerprint density at radius 2 is 1.86 bits per heavy atom. The van der Waals surface area contributed by atoms with E-state index >= 15 is 0 Å². The van der Waals surface area contributed by atoms with Gasteiger partial charge < -0.3 is 5.73 Å². The highest BCUT2D eigenvalue weighted by atomic mass is 35.5. The van der Waals surface area contributed by atoms with Crippen molar-refractivity contribution in [2.75, 3.05) is 10.5 Å². The smallest absolute Gasteiger partial charge is 0.262 e. The fourth-order valence-corrected chi connectivity index (χ4v) is 3.12. The molecule has 0 aliphatic rings. The summed E-state index contributed by atoms with van der Waals surface area (Å²) in [4.78, 5) is -0.0677. The molecule has 112 valence electrons. The Labute approximate surface area is 127 Å². The Morgan fingerprint density at radius 1 is 1.19 bits per heavy atom. The van der Waals surface area contributed by atoms with E-state index in [0.717, 1.165) is 0 Å². The predicted molar refractivity (Wildman–Crippen MR) is 82.5 cm³/mol. The molecule has 0 atom stereocenters. The van der Waals surface area contributed by atoms with E-state index in [0.29, 0.717) is 16.1 Å². The fourth-order valence-electron chi connectivity index (χ4n) is 1.82. The second-order valence-electron chi connectivity index (χ2n) is 4.73. The Morgan fingerprint density at radius 3 is 2.43 bits per heavy atom. The van der Waals surface area contributed by atoms with Gasteiger partial charge in [0.15, 0.2) is 0 Å². The monoisotopic (exact) mass is 328 g/mol. The van der Waals surface area contributed by atoms with Crippen LogP contribution in [-0.2, 0) is 10.0 Å². The summed E-state index contributed by atoms with van der Waals surface area (Å²) in [6, 6.07) is 6.85. The van der Waals surface area contributed by atoms with E-state index < -0.39 is 15.8 Å². The number of benzene rings is 2. The van der Waals surface area contributed by atoms with Gasteiger partial charge in [-0.15, -0.1) is 0 Å². The highest BCUT2D eigenvalue weighted by molar-refractivity contribution is 7.92. The topological polar surface area (TPSA) is 72.2 Å². The summed E-state index contributed by atoms with van der Waals surface area (Å²) in [6.07, 6.45) is 0. The molecular weight excluding hydrogens is 315 g/mol. The number of hydrogen-bond donors (Lipinski definition) is 2. The zero-order valence-corrected chi connectivity index (χ0v) is 13.0. The number of anilines is 2. The van der Waals surface area contributed by atoms with Crippen molar-refractivity contribution in [3.63, 3.8) is 0 Å². The zero-order chi connectivity index (χ0) is 15.8. The quantitative estimate of drug-likeness (QED) is 0.847. The van der Waals surface area contributed by atoms with Crippen molar-refractivity contribution in [1.29, 1.82) is 0 Å². The second-order valence-corrected chi connectivity index (χ2v) is 6.79. The second kappa shape index (κ2) is 5.54. The third kappa shape index (κ3) is 3.28. The van der Waals surface area contributed by atoms with Crippen molar-refractivity contribution < 1.29 is 12.8 Å². The van der Waals surface area contributed by atoms with Crippen molar-refractivity contribution in [2.45, 2.75) is 18.7 Å². The van der Waals surface area contributed by atoms with Gasteiger partial charge in [-0.1, -0.05) is 17.7 Å². The molecule has 0 fully saturated rings. The summed E-state index contributed by atoms with van der Waals surface area (Å²) >= 11 is 5.90. The van der Waals surface area contributed by atoms with Crippen LogP contribution < -0.4 is 10.5 Å². The van der Waals surface area contributed by atoms with Crippen LogP contribution in [0.3, 0.4) is 0 Å². The van der Waals surface area contributed by atoms with Crippen LogP contribution >= 0.6 is 11.6 Å². The molecule has 0 aromatic heterocycles. The average Bonchev–Trinajstić information content (AvgIpc) is 2.38. The van der Waals surface area contributed by atoms with E-state index in [1.54, 1.807) is 19.9 Å². The molecule has 0 aliphatic heterocycles. The molecule has 0 saturated heterocycles. The molecule has 4 nitrogen and oxygen atoms in total. The molecular formula is C14H14ClFN2O2S. The maximum atomic E-state index is 13.7. The highest BCUT2D eigenvalue weighted by Gasteiger charge is 2.18. The molecule has 0 saturated carbocycles. The number of nitrogens with two attached hydrogens (primary N) is 1. The van der Waals surface area contributed by atoms with Crippen LogP contribution in [0.1, 0.15) is 11.1 Å². The summed E-state index contributed by atoms with van der Waals surface area (Å²) in [5, 5.41) is 0.301. The zero-order valence-electron chi connectivity index (χ0n) is 11.4. The first-order valence-electron chi connectivity index (χ1n) is 6.05. The van der Waals surface area contributed by atoms with E-state index in [-0.39, 0.29) is 16.3 Å². The molecule has 0 spiro atoms. The lowest BCUT2D eigenvalue weighted by molar-refractivity contribution is 0.598. The Kier molecular flexibility index (Phi) is 4.11. The van der Waals surface area contributed by atoms with E-state index in [1.165, 1.54) is 24.3 Å². The minimum Gasteiger partial charge on any atom is -0.397 e. The Bertz CT molecular complexity index is 784. The lowest BCUT2D eigenvalue weighted by Crippen LogP contribution is -2.14. The number of hydrogen-bond acceptors (Lipinski definition) is 3. The molecule has 7 heteroatoms. The average molecular weight is 329 g/mol. The summed E-state index contributed by atoms with van der Waals surface area (Å²) in [5.41, 5.74) is 6.92.